The summed E-state index contributed by atoms with van der Waals surface area (Å²) < 4.78 is 0. The molecular weight excluding hydrogens is 186 g/mol. The van der Waals surface area contributed by atoms with Gasteiger partial charge in [0.25, 0.3) is 0 Å². The Morgan fingerprint density at radius 2 is 2.20 bits per heavy atom. The van der Waals surface area contributed by atoms with E-state index in [1.54, 1.807) is 0 Å². The Balaban J connectivity index is 2.38. The Morgan fingerprint density at radius 1 is 1.47 bits per heavy atom. The van der Waals surface area contributed by atoms with Gasteiger partial charge < -0.3 is 5.73 Å². The minimum Gasteiger partial charge on any atom is -0.330 e. The molecule has 0 aromatic carbocycles. The molecule has 1 rings (SSSR count). The molecule has 0 bridgehead atoms. The van der Waals surface area contributed by atoms with Crippen LogP contribution in [0.25, 0.3) is 0 Å². The molecule has 15 heavy (non-hydrogen) atoms. The van der Waals surface area contributed by atoms with Gasteiger partial charge in [0, 0.05) is 12.3 Å². The summed E-state index contributed by atoms with van der Waals surface area (Å²) in [4.78, 5) is 12.0. The van der Waals surface area contributed by atoms with Gasteiger partial charge >= 0.3 is 0 Å². The Morgan fingerprint density at radius 3 is 2.80 bits per heavy atom. The van der Waals surface area contributed by atoms with Crippen molar-refractivity contribution in [3.63, 3.8) is 0 Å². The molecule has 88 valence electrons. The molecular formula is C13H25NO. The molecule has 0 radical (unpaired) electrons. The predicted molar refractivity (Wildman–Crippen MR) is 63.6 cm³/mol. The van der Waals surface area contributed by atoms with Crippen molar-refractivity contribution in [2.75, 3.05) is 6.54 Å². The van der Waals surface area contributed by atoms with Crippen LogP contribution in [0.1, 0.15) is 52.4 Å². The minimum atomic E-state index is 0.345. The fourth-order valence-corrected chi connectivity index (χ4v) is 2.55. The van der Waals surface area contributed by atoms with E-state index in [1.807, 2.05) is 0 Å². The summed E-state index contributed by atoms with van der Waals surface area (Å²) in [6.45, 7) is 4.94. The third-order valence-electron chi connectivity index (χ3n) is 3.77. The normalized spacial score (nSPS) is 28.7. The van der Waals surface area contributed by atoms with Crippen molar-refractivity contribution in [1.29, 1.82) is 0 Å². The van der Waals surface area contributed by atoms with Crippen LogP contribution in [-0.2, 0) is 4.79 Å². The monoisotopic (exact) mass is 211 g/mol. The first-order valence-corrected chi connectivity index (χ1v) is 6.40. The van der Waals surface area contributed by atoms with E-state index in [2.05, 4.69) is 13.8 Å². The first-order chi connectivity index (χ1) is 7.17. The van der Waals surface area contributed by atoms with Gasteiger partial charge in [-0.15, -0.1) is 0 Å². The predicted octanol–water partition coefficient (Wildman–Crippen LogP) is 2.76. The van der Waals surface area contributed by atoms with Crippen molar-refractivity contribution in [2.24, 2.45) is 23.5 Å². The molecule has 2 heteroatoms. The van der Waals surface area contributed by atoms with Crippen molar-refractivity contribution in [3.8, 4) is 0 Å². The van der Waals surface area contributed by atoms with Crippen LogP contribution in [-0.4, -0.2) is 12.3 Å². The summed E-state index contributed by atoms with van der Waals surface area (Å²) in [6.07, 6.45) is 6.74. The zero-order valence-electron chi connectivity index (χ0n) is 10.2. The maximum absolute atomic E-state index is 12.0. The van der Waals surface area contributed by atoms with Crippen LogP contribution in [0.4, 0.5) is 0 Å². The van der Waals surface area contributed by atoms with Crippen LogP contribution < -0.4 is 5.73 Å². The van der Waals surface area contributed by atoms with E-state index in [4.69, 9.17) is 5.73 Å². The number of hydrogen-bond acceptors (Lipinski definition) is 2. The van der Waals surface area contributed by atoms with Gasteiger partial charge in [-0.1, -0.05) is 33.1 Å². The third kappa shape index (κ3) is 3.94. The summed E-state index contributed by atoms with van der Waals surface area (Å²) in [7, 11) is 0. The summed E-state index contributed by atoms with van der Waals surface area (Å²) in [5.74, 6) is 1.96. The van der Waals surface area contributed by atoms with Crippen LogP contribution >= 0.6 is 0 Å². The fraction of sp³-hybridized carbons (Fsp3) is 0.923. The molecule has 1 saturated carbocycles. The van der Waals surface area contributed by atoms with Gasteiger partial charge in [-0.05, 0) is 31.2 Å². The standard InChI is InChI=1S/C13H25NO/c1-3-11-5-4-6-12(8-11)13(15)7-10(2)9-14/h10-12H,3-9,14H2,1-2H3. The number of hydrogen-bond donors (Lipinski definition) is 1. The lowest BCUT2D eigenvalue weighted by molar-refractivity contribution is -0.125. The molecule has 0 aromatic rings. The number of nitrogens with two attached hydrogens (primary N) is 1. The molecule has 0 amide bonds. The number of rotatable bonds is 5. The Labute approximate surface area is 93.6 Å². The van der Waals surface area contributed by atoms with E-state index < -0.39 is 0 Å². The molecule has 0 aromatic heterocycles. The first kappa shape index (κ1) is 12.7. The smallest absolute Gasteiger partial charge is 0.136 e. The highest BCUT2D eigenvalue weighted by atomic mass is 16.1. The average Bonchev–Trinajstić information content (AvgIpc) is 2.28. The van der Waals surface area contributed by atoms with Crippen molar-refractivity contribution < 1.29 is 4.79 Å². The minimum absolute atomic E-state index is 0.345. The molecule has 1 fully saturated rings. The van der Waals surface area contributed by atoms with Crippen molar-refractivity contribution in [1.82, 2.24) is 0 Å². The lowest BCUT2D eigenvalue weighted by Crippen LogP contribution is -2.25. The summed E-state index contributed by atoms with van der Waals surface area (Å²) in [6, 6.07) is 0. The molecule has 2 N–H and O–H groups in total. The topological polar surface area (TPSA) is 43.1 Å². The second-order valence-corrected chi connectivity index (χ2v) is 5.15. The van der Waals surface area contributed by atoms with E-state index >= 15 is 0 Å². The number of ketones is 1. The van der Waals surface area contributed by atoms with Gasteiger partial charge in [-0.25, -0.2) is 0 Å². The third-order valence-corrected chi connectivity index (χ3v) is 3.77. The number of carbonyl (C=O) groups excluding carboxylic acids is 1. The van der Waals surface area contributed by atoms with Crippen LogP contribution in [0.2, 0.25) is 0 Å². The summed E-state index contributed by atoms with van der Waals surface area (Å²) >= 11 is 0. The van der Waals surface area contributed by atoms with E-state index in [0.717, 1.165) is 18.8 Å². The van der Waals surface area contributed by atoms with Gasteiger partial charge in [-0.3, -0.25) is 4.79 Å². The highest BCUT2D eigenvalue weighted by Gasteiger charge is 2.26. The van der Waals surface area contributed by atoms with Gasteiger partial charge in [0.1, 0.15) is 5.78 Å². The highest BCUT2D eigenvalue weighted by Crippen LogP contribution is 2.32. The van der Waals surface area contributed by atoms with Gasteiger partial charge in [-0.2, -0.15) is 0 Å². The van der Waals surface area contributed by atoms with E-state index in [0.29, 0.717) is 30.6 Å². The summed E-state index contributed by atoms with van der Waals surface area (Å²) in [5.41, 5.74) is 5.55. The molecule has 1 aliphatic carbocycles. The molecule has 3 unspecified atom stereocenters. The molecule has 0 spiro atoms. The zero-order valence-corrected chi connectivity index (χ0v) is 10.2. The van der Waals surface area contributed by atoms with Gasteiger partial charge in [0.2, 0.25) is 0 Å². The average molecular weight is 211 g/mol. The maximum atomic E-state index is 12.0. The van der Waals surface area contributed by atoms with Crippen molar-refractivity contribution in [2.45, 2.75) is 52.4 Å². The molecule has 2 nitrogen and oxygen atoms in total. The van der Waals surface area contributed by atoms with Gasteiger partial charge in [0.15, 0.2) is 0 Å². The zero-order chi connectivity index (χ0) is 11.3. The van der Waals surface area contributed by atoms with E-state index in [1.165, 1.54) is 19.3 Å². The Hall–Kier alpha value is -0.370. The molecule has 0 saturated heterocycles. The Kier molecular flexibility index (Phi) is 5.30. The molecule has 0 aliphatic heterocycles. The van der Waals surface area contributed by atoms with Crippen LogP contribution in [0.5, 0.6) is 0 Å². The van der Waals surface area contributed by atoms with Crippen LogP contribution in [0, 0.1) is 17.8 Å². The number of Topliss-reactive ketones (excluding diaryl/α,β-unsaturated/α-hetero) is 1. The van der Waals surface area contributed by atoms with E-state index in [9.17, 15) is 4.79 Å². The first-order valence-electron chi connectivity index (χ1n) is 6.40. The molecule has 0 heterocycles. The number of carbonyl (C=O) groups is 1. The highest BCUT2D eigenvalue weighted by molar-refractivity contribution is 5.81. The summed E-state index contributed by atoms with van der Waals surface area (Å²) in [5, 5.41) is 0. The quantitative estimate of drug-likeness (QED) is 0.760. The lowest BCUT2D eigenvalue weighted by Gasteiger charge is -2.28. The van der Waals surface area contributed by atoms with Crippen LogP contribution in [0.3, 0.4) is 0 Å². The second kappa shape index (κ2) is 6.26. The van der Waals surface area contributed by atoms with Crippen LogP contribution in [0.15, 0.2) is 0 Å². The molecule has 3 atom stereocenters. The fourth-order valence-electron chi connectivity index (χ4n) is 2.55. The molecule has 1 aliphatic rings. The Bertz CT molecular complexity index is 203. The lowest BCUT2D eigenvalue weighted by atomic mass is 9.77. The van der Waals surface area contributed by atoms with Gasteiger partial charge in [0.05, 0.1) is 0 Å². The SMILES string of the molecule is CCC1CCCC(C(=O)CC(C)CN)C1. The van der Waals surface area contributed by atoms with Crippen molar-refractivity contribution in [3.05, 3.63) is 0 Å². The largest absolute Gasteiger partial charge is 0.330 e. The maximum Gasteiger partial charge on any atom is 0.136 e. The van der Waals surface area contributed by atoms with E-state index in [-0.39, 0.29) is 0 Å². The second-order valence-electron chi connectivity index (χ2n) is 5.15. The van der Waals surface area contributed by atoms with Crippen molar-refractivity contribution >= 4 is 5.78 Å².